The molecule has 0 aliphatic heterocycles. The molecule has 1 aromatic heterocycles. The highest BCUT2D eigenvalue weighted by molar-refractivity contribution is 5.93. The summed E-state index contributed by atoms with van der Waals surface area (Å²) < 4.78 is 12.8. The van der Waals surface area contributed by atoms with Crippen molar-refractivity contribution in [1.29, 1.82) is 0 Å². The fourth-order valence-corrected chi connectivity index (χ4v) is 1.22. The second-order valence-electron chi connectivity index (χ2n) is 3.41. The molecule has 0 spiro atoms. The van der Waals surface area contributed by atoms with E-state index in [2.05, 4.69) is 10.3 Å². The van der Waals surface area contributed by atoms with Crippen molar-refractivity contribution >= 4 is 11.8 Å². The lowest BCUT2D eigenvalue weighted by atomic mass is 10.2. The maximum atomic E-state index is 12.8. The van der Waals surface area contributed by atoms with Crippen LogP contribution in [0.3, 0.4) is 0 Å². The molecule has 0 amide bonds. The van der Waals surface area contributed by atoms with Crippen LogP contribution >= 0.6 is 0 Å². The van der Waals surface area contributed by atoms with Crippen LogP contribution in [0.1, 0.15) is 23.7 Å². The van der Waals surface area contributed by atoms with Gasteiger partial charge in [-0.3, -0.25) is 0 Å². The summed E-state index contributed by atoms with van der Waals surface area (Å²) in [6.07, 6.45) is 1.40. The number of rotatable bonds is 5. The Morgan fingerprint density at radius 1 is 1.69 bits per heavy atom. The summed E-state index contributed by atoms with van der Waals surface area (Å²) >= 11 is 0. The summed E-state index contributed by atoms with van der Waals surface area (Å²) in [5.41, 5.74) is -0.218. The number of nitrogens with one attached hydrogen (secondary N) is 1. The van der Waals surface area contributed by atoms with Gasteiger partial charge in [0, 0.05) is 12.6 Å². The predicted molar refractivity (Wildman–Crippen MR) is 55.9 cm³/mol. The zero-order chi connectivity index (χ0) is 12.1. The van der Waals surface area contributed by atoms with Gasteiger partial charge in [0.25, 0.3) is 0 Å². The summed E-state index contributed by atoms with van der Waals surface area (Å²) in [6.45, 7) is 1.75. The number of hydrogen-bond acceptors (Lipinski definition) is 4. The minimum Gasteiger partial charge on any atom is -0.478 e. The van der Waals surface area contributed by atoms with Crippen LogP contribution in [0.15, 0.2) is 12.3 Å². The van der Waals surface area contributed by atoms with Crippen molar-refractivity contribution in [3.63, 3.8) is 0 Å². The molecule has 0 saturated carbocycles. The molecule has 5 nitrogen and oxygen atoms in total. The number of anilines is 1. The standard InChI is InChI=1S/C10H13FN2O3/c1-6(2-3-14)13-9-8(10(15)16)4-7(11)5-12-9/h4-6,14H,2-3H2,1H3,(H,12,13)(H,15,16). The van der Waals surface area contributed by atoms with E-state index < -0.39 is 11.8 Å². The van der Waals surface area contributed by atoms with Gasteiger partial charge < -0.3 is 15.5 Å². The number of carbonyl (C=O) groups is 1. The molecular formula is C10H13FN2O3. The fourth-order valence-electron chi connectivity index (χ4n) is 1.22. The molecule has 3 N–H and O–H groups in total. The van der Waals surface area contributed by atoms with Crippen LogP contribution in [0.5, 0.6) is 0 Å². The zero-order valence-electron chi connectivity index (χ0n) is 8.77. The number of aromatic carboxylic acids is 1. The lowest BCUT2D eigenvalue weighted by molar-refractivity contribution is 0.0697. The van der Waals surface area contributed by atoms with Crippen molar-refractivity contribution in [2.45, 2.75) is 19.4 Å². The number of carboxylic acids is 1. The number of nitrogens with zero attached hydrogens (tertiary/aromatic N) is 1. The third-order valence-corrected chi connectivity index (χ3v) is 2.03. The highest BCUT2D eigenvalue weighted by atomic mass is 19.1. The Hall–Kier alpha value is -1.69. The van der Waals surface area contributed by atoms with Crippen LogP contribution in [0.2, 0.25) is 0 Å². The molecule has 6 heteroatoms. The Morgan fingerprint density at radius 2 is 2.38 bits per heavy atom. The highest BCUT2D eigenvalue weighted by Crippen LogP contribution is 2.15. The van der Waals surface area contributed by atoms with E-state index in [9.17, 15) is 9.18 Å². The Balaban J connectivity index is 2.90. The summed E-state index contributed by atoms with van der Waals surface area (Å²) in [5.74, 6) is -1.83. The van der Waals surface area contributed by atoms with Gasteiger partial charge in [0.15, 0.2) is 0 Å². The Labute approximate surface area is 91.9 Å². The van der Waals surface area contributed by atoms with Crippen LogP contribution in [0, 0.1) is 5.82 Å². The molecular weight excluding hydrogens is 215 g/mol. The first-order chi connectivity index (χ1) is 7.54. The van der Waals surface area contributed by atoms with E-state index in [-0.39, 0.29) is 24.0 Å². The molecule has 1 aromatic rings. The maximum Gasteiger partial charge on any atom is 0.339 e. The lowest BCUT2D eigenvalue weighted by Gasteiger charge is -2.14. The van der Waals surface area contributed by atoms with Gasteiger partial charge in [0.2, 0.25) is 0 Å². The van der Waals surface area contributed by atoms with E-state index in [0.29, 0.717) is 6.42 Å². The van der Waals surface area contributed by atoms with Crippen molar-refractivity contribution in [3.8, 4) is 0 Å². The number of aromatic nitrogens is 1. The summed E-state index contributed by atoms with van der Waals surface area (Å²) in [6, 6.07) is 0.768. The number of aliphatic hydroxyl groups is 1. The molecule has 1 unspecified atom stereocenters. The Bertz CT molecular complexity index is 384. The van der Waals surface area contributed by atoms with Crippen LogP contribution in [0.25, 0.3) is 0 Å². The normalized spacial score (nSPS) is 12.2. The van der Waals surface area contributed by atoms with Crippen LogP contribution in [0.4, 0.5) is 10.2 Å². The highest BCUT2D eigenvalue weighted by Gasteiger charge is 2.14. The maximum absolute atomic E-state index is 12.8. The Morgan fingerprint density at radius 3 is 2.94 bits per heavy atom. The third-order valence-electron chi connectivity index (χ3n) is 2.03. The molecule has 0 radical (unpaired) electrons. The number of aliphatic hydroxyl groups excluding tert-OH is 1. The van der Waals surface area contributed by atoms with Crippen molar-refractivity contribution in [2.75, 3.05) is 11.9 Å². The monoisotopic (exact) mass is 228 g/mol. The Kier molecular flexibility index (Phi) is 4.19. The first-order valence-corrected chi connectivity index (χ1v) is 4.81. The molecule has 88 valence electrons. The van der Waals surface area contributed by atoms with Gasteiger partial charge in [-0.2, -0.15) is 0 Å². The third kappa shape index (κ3) is 3.16. The van der Waals surface area contributed by atoms with Gasteiger partial charge in [-0.05, 0) is 19.4 Å². The fraction of sp³-hybridized carbons (Fsp3) is 0.400. The van der Waals surface area contributed by atoms with Crippen molar-refractivity contribution < 1.29 is 19.4 Å². The van der Waals surface area contributed by atoms with E-state index in [1.165, 1.54) is 0 Å². The summed E-state index contributed by atoms with van der Waals surface area (Å²) in [4.78, 5) is 14.5. The van der Waals surface area contributed by atoms with Gasteiger partial charge in [-0.15, -0.1) is 0 Å². The first-order valence-electron chi connectivity index (χ1n) is 4.81. The van der Waals surface area contributed by atoms with E-state index in [1.807, 2.05) is 0 Å². The molecule has 16 heavy (non-hydrogen) atoms. The number of carboxylic acid groups (broad SMARTS) is 1. The number of halogens is 1. The van der Waals surface area contributed by atoms with Crippen LogP contribution in [-0.2, 0) is 0 Å². The molecule has 0 bridgehead atoms. The molecule has 1 rings (SSSR count). The average Bonchev–Trinajstić information content (AvgIpc) is 2.20. The van der Waals surface area contributed by atoms with E-state index in [1.54, 1.807) is 6.92 Å². The van der Waals surface area contributed by atoms with E-state index in [4.69, 9.17) is 10.2 Å². The molecule has 0 saturated heterocycles. The average molecular weight is 228 g/mol. The second kappa shape index (κ2) is 5.41. The van der Waals surface area contributed by atoms with Gasteiger partial charge in [-0.25, -0.2) is 14.2 Å². The second-order valence-corrected chi connectivity index (χ2v) is 3.41. The van der Waals surface area contributed by atoms with E-state index in [0.717, 1.165) is 12.3 Å². The topological polar surface area (TPSA) is 82.5 Å². The predicted octanol–water partition coefficient (Wildman–Crippen LogP) is 1.10. The largest absolute Gasteiger partial charge is 0.478 e. The smallest absolute Gasteiger partial charge is 0.339 e. The van der Waals surface area contributed by atoms with Gasteiger partial charge >= 0.3 is 5.97 Å². The van der Waals surface area contributed by atoms with Crippen molar-refractivity contribution in [2.24, 2.45) is 0 Å². The van der Waals surface area contributed by atoms with Crippen molar-refractivity contribution in [1.82, 2.24) is 4.98 Å². The van der Waals surface area contributed by atoms with E-state index >= 15 is 0 Å². The minimum atomic E-state index is -1.24. The number of pyridine rings is 1. The van der Waals surface area contributed by atoms with Crippen LogP contribution in [-0.4, -0.2) is 33.8 Å². The van der Waals surface area contributed by atoms with Crippen molar-refractivity contribution in [3.05, 3.63) is 23.6 Å². The first kappa shape index (κ1) is 12.4. The molecule has 0 fully saturated rings. The molecule has 1 atom stereocenters. The lowest BCUT2D eigenvalue weighted by Crippen LogP contribution is -2.19. The van der Waals surface area contributed by atoms with Gasteiger partial charge in [0.1, 0.15) is 17.2 Å². The molecule has 0 aromatic carbocycles. The minimum absolute atomic E-state index is 0.0161. The quantitative estimate of drug-likeness (QED) is 0.703. The van der Waals surface area contributed by atoms with Gasteiger partial charge in [0.05, 0.1) is 6.20 Å². The SMILES string of the molecule is CC(CCO)Nc1ncc(F)cc1C(=O)O. The summed E-state index contributed by atoms with van der Waals surface area (Å²) in [7, 11) is 0. The van der Waals surface area contributed by atoms with Crippen LogP contribution < -0.4 is 5.32 Å². The number of hydrogen-bond donors (Lipinski definition) is 3. The zero-order valence-corrected chi connectivity index (χ0v) is 8.77. The summed E-state index contributed by atoms with van der Waals surface area (Å²) in [5, 5.41) is 20.3. The molecule has 0 aliphatic carbocycles. The molecule has 1 heterocycles. The van der Waals surface area contributed by atoms with Gasteiger partial charge in [-0.1, -0.05) is 0 Å². The molecule has 0 aliphatic rings.